The largest absolute Gasteiger partial charge is 0.389 e. The topological polar surface area (TPSA) is 142 Å². The number of nitrogens with two attached hydrogens (primary N) is 1. The maximum Gasteiger partial charge on any atom is 0.297 e. The van der Waals surface area contributed by atoms with Gasteiger partial charge in [0, 0.05) is 5.75 Å². The Hall–Kier alpha value is -1.90. The van der Waals surface area contributed by atoms with Crippen LogP contribution in [0, 0.1) is 6.92 Å². The van der Waals surface area contributed by atoms with E-state index in [1.807, 2.05) is 6.92 Å². The van der Waals surface area contributed by atoms with E-state index in [0.29, 0.717) is 11.2 Å². The number of imidazole rings is 1. The maximum atomic E-state index is 12.6. The molecular weight excluding hydrogens is 486 g/mol. The fraction of sp³-hybridized carbons (Fsp3) is 0.450. The number of hydrogen-bond donors (Lipinski definition) is 2. The normalized spacial score (nSPS) is 23.4. The van der Waals surface area contributed by atoms with E-state index < -0.39 is 33.8 Å². The first-order chi connectivity index (χ1) is 15.8. The summed E-state index contributed by atoms with van der Waals surface area (Å²) in [6, 6.07) is 6.37. The molecule has 0 unspecified atom stereocenters. The van der Waals surface area contributed by atoms with E-state index in [1.54, 1.807) is 27.5 Å². The number of aliphatic hydroxyl groups is 1. The number of aryl methyl sites for hydroxylation is 1. The molecule has 0 saturated carbocycles. The molecule has 1 aliphatic rings. The molecule has 13 heteroatoms. The van der Waals surface area contributed by atoms with Crippen LogP contribution in [0.1, 0.15) is 25.1 Å². The quantitative estimate of drug-likeness (QED) is 0.248. The second-order valence-corrected chi connectivity index (χ2v) is 11.9. The van der Waals surface area contributed by atoms with Crippen LogP contribution in [0.25, 0.3) is 11.2 Å². The molecule has 0 spiro atoms. The summed E-state index contributed by atoms with van der Waals surface area (Å²) in [7, 11) is -0.899. The molecule has 178 valence electrons. The molecule has 3 heterocycles. The Bertz CT molecular complexity index is 1200. The maximum absolute atomic E-state index is 12.6. The van der Waals surface area contributed by atoms with Crippen LogP contribution in [0.5, 0.6) is 0 Å². The molecule has 2 aromatic heterocycles. The summed E-state index contributed by atoms with van der Waals surface area (Å²) in [4.78, 5) is 12.6. The lowest BCUT2D eigenvalue weighted by Gasteiger charge is -2.20. The zero-order valence-corrected chi connectivity index (χ0v) is 20.5. The number of ether oxygens (including phenoxy) is 1. The summed E-state index contributed by atoms with van der Waals surface area (Å²) in [5, 5.41) is 10.6. The highest BCUT2D eigenvalue weighted by molar-refractivity contribution is 8.77. The molecule has 4 rings (SSSR count). The van der Waals surface area contributed by atoms with Crippen LogP contribution in [-0.2, 0) is 19.0 Å². The summed E-state index contributed by atoms with van der Waals surface area (Å²) >= 11 is 0. The lowest BCUT2D eigenvalue weighted by Crippen LogP contribution is -2.32. The van der Waals surface area contributed by atoms with Crippen molar-refractivity contribution in [1.82, 2.24) is 19.5 Å². The number of aromatic nitrogens is 4. The van der Waals surface area contributed by atoms with Gasteiger partial charge in [-0.2, -0.15) is 8.42 Å². The number of hydrogen-bond acceptors (Lipinski definition) is 11. The highest BCUT2D eigenvalue weighted by atomic mass is 33.1. The summed E-state index contributed by atoms with van der Waals surface area (Å²) in [5.74, 6) is 1.13. The minimum absolute atomic E-state index is 0.0503. The van der Waals surface area contributed by atoms with Crippen molar-refractivity contribution < 1.29 is 22.4 Å². The molecule has 0 aliphatic carbocycles. The smallest absolute Gasteiger partial charge is 0.297 e. The highest BCUT2D eigenvalue weighted by Gasteiger charge is 2.46. The molecule has 10 nitrogen and oxygen atoms in total. The molecule has 1 fully saturated rings. The first-order valence-corrected chi connectivity index (χ1v) is 14.1. The van der Waals surface area contributed by atoms with E-state index in [9.17, 15) is 13.5 Å². The average Bonchev–Trinajstić information content (AvgIpc) is 3.35. The number of fused-ring (bicyclic) bond motifs is 1. The number of aliphatic hydroxyl groups excluding tert-OH is 1. The van der Waals surface area contributed by atoms with E-state index in [-0.39, 0.29) is 17.3 Å². The van der Waals surface area contributed by atoms with Gasteiger partial charge in [-0.1, -0.05) is 46.2 Å². The molecule has 4 atom stereocenters. The van der Waals surface area contributed by atoms with E-state index in [2.05, 4.69) is 21.9 Å². The van der Waals surface area contributed by atoms with Crippen molar-refractivity contribution in [3.8, 4) is 0 Å². The first kappa shape index (κ1) is 24.2. The molecule has 1 aliphatic heterocycles. The summed E-state index contributed by atoms with van der Waals surface area (Å²) in [6.45, 7) is 3.61. The lowest BCUT2D eigenvalue weighted by molar-refractivity contribution is -0.0369. The van der Waals surface area contributed by atoms with Gasteiger partial charge in [0.1, 0.15) is 17.9 Å². The molecule has 0 radical (unpaired) electrons. The van der Waals surface area contributed by atoms with E-state index in [4.69, 9.17) is 14.7 Å². The number of nitrogens with zero attached hydrogens (tertiary/aromatic N) is 4. The number of anilines is 1. The molecule has 3 aromatic rings. The highest BCUT2D eigenvalue weighted by Crippen LogP contribution is 2.44. The van der Waals surface area contributed by atoms with E-state index in [1.165, 1.54) is 35.6 Å². The SMILES string of the molecule is CCCSS[C@H]1[C@H](O)[C@@H](COS(=O)(=O)c2ccc(C)cc2)O[C@H]1n1cnc2c(N)ncnc21. The van der Waals surface area contributed by atoms with Gasteiger partial charge in [0.2, 0.25) is 0 Å². The van der Waals surface area contributed by atoms with Crippen LogP contribution in [0.4, 0.5) is 5.82 Å². The van der Waals surface area contributed by atoms with Gasteiger partial charge in [-0.15, -0.1) is 0 Å². The second-order valence-electron chi connectivity index (χ2n) is 7.57. The Morgan fingerprint density at radius 1 is 1.24 bits per heavy atom. The molecule has 0 amide bonds. The van der Waals surface area contributed by atoms with Gasteiger partial charge in [-0.05, 0) is 25.5 Å². The molecule has 1 aromatic carbocycles. The van der Waals surface area contributed by atoms with Crippen molar-refractivity contribution in [2.24, 2.45) is 0 Å². The average molecular weight is 512 g/mol. The molecule has 1 saturated heterocycles. The standard InChI is InChI=1S/C20H25N5O5S3/c1-3-8-31-32-17-16(26)14(9-29-33(27,28)13-6-4-12(2)5-7-13)30-20(17)25-11-24-15-18(21)22-10-23-19(15)25/h4-7,10-11,14,16-17,20,26H,3,8-9H2,1-2H3,(H2,21,22,23)/t14-,16-,17+,20-/m1/s1. The van der Waals surface area contributed by atoms with Crippen molar-refractivity contribution in [3.63, 3.8) is 0 Å². The van der Waals surface area contributed by atoms with Crippen LogP contribution in [0.3, 0.4) is 0 Å². The van der Waals surface area contributed by atoms with Gasteiger partial charge in [0.25, 0.3) is 10.1 Å². The minimum Gasteiger partial charge on any atom is -0.389 e. The van der Waals surface area contributed by atoms with Gasteiger partial charge < -0.3 is 15.6 Å². The summed E-state index contributed by atoms with van der Waals surface area (Å²) in [6.07, 6.45) is 1.36. The molecule has 0 bridgehead atoms. The van der Waals surface area contributed by atoms with Crippen LogP contribution in [-0.4, -0.2) is 62.9 Å². The van der Waals surface area contributed by atoms with Gasteiger partial charge in [0.15, 0.2) is 17.7 Å². The third-order valence-corrected chi connectivity index (χ3v) is 9.45. The van der Waals surface area contributed by atoms with Crippen LogP contribution in [0.2, 0.25) is 0 Å². The Morgan fingerprint density at radius 3 is 2.73 bits per heavy atom. The van der Waals surface area contributed by atoms with E-state index >= 15 is 0 Å². The minimum atomic E-state index is -4.00. The van der Waals surface area contributed by atoms with Crippen LogP contribution >= 0.6 is 21.6 Å². The fourth-order valence-corrected chi connectivity index (χ4v) is 7.18. The molecule has 33 heavy (non-hydrogen) atoms. The van der Waals surface area contributed by atoms with Gasteiger partial charge >= 0.3 is 0 Å². The van der Waals surface area contributed by atoms with Crippen LogP contribution in [0.15, 0.2) is 41.8 Å². The predicted octanol–water partition coefficient (Wildman–Crippen LogP) is 2.54. The summed E-state index contributed by atoms with van der Waals surface area (Å²) < 4.78 is 38.3. The van der Waals surface area contributed by atoms with Crippen molar-refractivity contribution in [3.05, 3.63) is 42.5 Å². The van der Waals surface area contributed by atoms with Crippen molar-refractivity contribution in [2.75, 3.05) is 18.1 Å². The van der Waals surface area contributed by atoms with Crippen molar-refractivity contribution in [1.29, 1.82) is 0 Å². The second kappa shape index (κ2) is 10.2. The Labute approximate surface area is 199 Å². The van der Waals surface area contributed by atoms with Gasteiger partial charge in [-0.3, -0.25) is 8.75 Å². The predicted molar refractivity (Wildman–Crippen MR) is 128 cm³/mol. The third-order valence-electron chi connectivity index (χ3n) is 5.14. The Balaban J connectivity index is 1.55. The number of rotatable bonds is 9. The van der Waals surface area contributed by atoms with Crippen molar-refractivity contribution >= 4 is 48.7 Å². The number of benzene rings is 1. The number of nitrogen functional groups attached to an aromatic ring is 1. The fourth-order valence-electron chi connectivity index (χ4n) is 3.38. The first-order valence-electron chi connectivity index (χ1n) is 10.3. The monoisotopic (exact) mass is 511 g/mol. The molecular formula is C20H25N5O5S3. The molecule has 3 N–H and O–H groups in total. The zero-order valence-electron chi connectivity index (χ0n) is 18.1. The van der Waals surface area contributed by atoms with Crippen LogP contribution < -0.4 is 5.73 Å². The van der Waals surface area contributed by atoms with Gasteiger partial charge in [0.05, 0.1) is 29.2 Å². The Morgan fingerprint density at radius 2 is 2.00 bits per heavy atom. The van der Waals surface area contributed by atoms with Crippen molar-refractivity contribution in [2.45, 2.75) is 48.8 Å². The lowest BCUT2D eigenvalue weighted by atomic mass is 10.2. The van der Waals surface area contributed by atoms with Gasteiger partial charge in [-0.25, -0.2) is 15.0 Å². The third kappa shape index (κ3) is 5.12. The zero-order chi connectivity index (χ0) is 23.6. The Kier molecular flexibility index (Phi) is 7.46. The summed E-state index contributed by atoms with van der Waals surface area (Å²) in [5.41, 5.74) is 7.74. The van der Waals surface area contributed by atoms with E-state index in [0.717, 1.165) is 17.7 Å².